The van der Waals surface area contributed by atoms with Crippen LogP contribution in [0.4, 0.5) is 18.9 Å². The number of nitrogens with one attached hydrogen (secondary N) is 1. The van der Waals surface area contributed by atoms with E-state index < -0.39 is 40.3 Å². The highest BCUT2D eigenvalue weighted by Gasteiger charge is 2.35. The van der Waals surface area contributed by atoms with Gasteiger partial charge in [-0.2, -0.15) is 13.2 Å². The molecule has 1 atom stereocenters. The fraction of sp³-hybridized carbons (Fsp3) is 0.375. The Labute approximate surface area is 251 Å². The lowest BCUT2D eigenvalue weighted by Crippen LogP contribution is -2.53. The van der Waals surface area contributed by atoms with Crippen molar-refractivity contribution in [3.05, 3.63) is 95.6 Å². The number of aryl methyl sites for hydroxylation is 1. The molecule has 3 aromatic carbocycles. The first kappa shape index (κ1) is 33.6. The maximum absolute atomic E-state index is 14.0. The summed E-state index contributed by atoms with van der Waals surface area (Å²) in [5.41, 5.74) is 0.316. The van der Waals surface area contributed by atoms with E-state index in [4.69, 9.17) is 0 Å². The second kappa shape index (κ2) is 14.5. The van der Waals surface area contributed by atoms with Crippen LogP contribution in [-0.4, -0.2) is 50.8 Å². The number of hydrogen-bond donors (Lipinski definition) is 1. The summed E-state index contributed by atoms with van der Waals surface area (Å²) in [6.45, 7) is 7.05. The monoisotopic (exact) mass is 617 g/mol. The lowest BCUT2D eigenvalue weighted by Gasteiger charge is -2.33. The number of nitrogens with zero attached hydrogens (tertiary/aromatic N) is 2. The first-order chi connectivity index (χ1) is 20.2. The van der Waals surface area contributed by atoms with Crippen molar-refractivity contribution in [2.75, 3.05) is 23.9 Å². The molecule has 43 heavy (non-hydrogen) atoms. The molecule has 232 valence electrons. The number of carbonyl (C=O) groups excluding carboxylic acids is 2. The third-order valence-corrected chi connectivity index (χ3v) is 8.69. The molecule has 0 aliphatic carbocycles. The van der Waals surface area contributed by atoms with Crippen molar-refractivity contribution in [1.82, 2.24) is 10.2 Å². The molecule has 3 aromatic rings. The Bertz CT molecular complexity index is 1480. The van der Waals surface area contributed by atoms with Crippen molar-refractivity contribution < 1.29 is 31.2 Å². The maximum Gasteiger partial charge on any atom is 0.416 e. The number of rotatable bonds is 13. The molecule has 0 saturated carbocycles. The summed E-state index contributed by atoms with van der Waals surface area (Å²) >= 11 is 0. The van der Waals surface area contributed by atoms with Crippen LogP contribution in [0.15, 0.2) is 83.8 Å². The summed E-state index contributed by atoms with van der Waals surface area (Å²) in [6, 6.07) is 18.1. The summed E-state index contributed by atoms with van der Waals surface area (Å²) in [4.78, 5) is 28.4. The highest BCUT2D eigenvalue weighted by atomic mass is 32.2. The second-order valence-corrected chi connectivity index (χ2v) is 12.6. The molecule has 1 N–H and O–H groups in total. The van der Waals surface area contributed by atoms with Crippen molar-refractivity contribution in [1.29, 1.82) is 0 Å². The van der Waals surface area contributed by atoms with Gasteiger partial charge in [-0.15, -0.1) is 0 Å². The van der Waals surface area contributed by atoms with Crippen LogP contribution in [0.1, 0.15) is 43.9 Å². The molecule has 0 saturated heterocycles. The van der Waals surface area contributed by atoms with E-state index in [1.54, 1.807) is 26.0 Å². The molecule has 0 fully saturated rings. The van der Waals surface area contributed by atoms with Gasteiger partial charge in [-0.05, 0) is 61.6 Å². The van der Waals surface area contributed by atoms with Crippen molar-refractivity contribution >= 4 is 27.5 Å². The van der Waals surface area contributed by atoms with Gasteiger partial charge in [-0.3, -0.25) is 13.9 Å². The molecular weight excluding hydrogens is 579 g/mol. The zero-order valence-corrected chi connectivity index (χ0v) is 25.6. The van der Waals surface area contributed by atoms with E-state index in [1.807, 2.05) is 44.2 Å². The zero-order valence-electron chi connectivity index (χ0n) is 24.8. The fourth-order valence-electron chi connectivity index (χ4n) is 4.52. The Balaban J connectivity index is 2.06. The summed E-state index contributed by atoms with van der Waals surface area (Å²) in [5, 5.41) is 2.85. The summed E-state index contributed by atoms with van der Waals surface area (Å²) in [5.74, 6) is -0.939. The van der Waals surface area contributed by atoms with Crippen molar-refractivity contribution in [3.8, 4) is 0 Å². The number of halogens is 3. The first-order valence-electron chi connectivity index (χ1n) is 14.1. The van der Waals surface area contributed by atoms with Crippen LogP contribution in [-0.2, 0) is 32.2 Å². The highest BCUT2D eigenvalue weighted by molar-refractivity contribution is 7.92. The minimum Gasteiger partial charge on any atom is -0.354 e. The molecule has 3 rings (SSSR count). The van der Waals surface area contributed by atoms with Gasteiger partial charge in [0.1, 0.15) is 12.6 Å². The molecule has 0 aliphatic rings. The fourth-order valence-corrected chi connectivity index (χ4v) is 5.93. The van der Waals surface area contributed by atoms with E-state index in [0.717, 1.165) is 23.3 Å². The van der Waals surface area contributed by atoms with E-state index in [9.17, 15) is 31.2 Å². The summed E-state index contributed by atoms with van der Waals surface area (Å²) < 4.78 is 69.3. The molecule has 11 heteroatoms. The van der Waals surface area contributed by atoms with Gasteiger partial charge in [-0.25, -0.2) is 8.42 Å². The predicted octanol–water partition coefficient (Wildman–Crippen LogP) is 5.83. The van der Waals surface area contributed by atoms with Crippen LogP contribution in [0.3, 0.4) is 0 Å². The van der Waals surface area contributed by atoms with E-state index in [0.29, 0.717) is 23.3 Å². The van der Waals surface area contributed by atoms with Crippen LogP contribution < -0.4 is 9.62 Å². The maximum atomic E-state index is 14.0. The minimum atomic E-state index is -4.73. The minimum absolute atomic E-state index is 0.0947. The number of benzene rings is 3. The third-order valence-electron chi connectivity index (χ3n) is 6.90. The summed E-state index contributed by atoms with van der Waals surface area (Å²) in [6.07, 6.45) is -4.10. The van der Waals surface area contributed by atoms with Crippen molar-refractivity contribution in [3.63, 3.8) is 0 Å². The van der Waals surface area contributed by atoms with Gasteiger partial charge < -0.3 is 10.2 Å². The third kappa shape index (κ3) is 9.06. The molecule has 0 unspecified atom stereocenters. The summed E-state index contributed by atoms with van der Waals surface area (Å²) in [7, 11) is -4.49. The van der Waals surface area contributed by atoms with Gasteiger partial charge in [0.05, 0.1) is 16.1 Å². The Morgan fingerprint density at radius 1 is 0.930 bits per heavy atom. The van der Waals surface area contributed by atoms with Crippen LogP contribution in [0.25, 0.3) is 0 Å². The van der Waals surface area contributed by atoms with E-state index >= 15 is 0 Å². The smallest absolute Gasteiger partial charge is 0.354 e. The predicted molar refractivity (Wildman–Crippen MR) is 161 cm³/mol. The van der Waals surface area contributed by atoms with Gasteiger partial charge in [0.15, 0.2) is 0 Å². The van der Waals surface area contributed by atoms with E-state index in [1.165, 1.54) is 23.1 Å². The standard InChI is InChI=1S/C32H38F3N3O4S/c1-5-29(31(40)36-21-23(2)3)37(19-18-25-10-7-6-8-11-25)30(39)22-38(27-13-9-12-26(20-27)32(33,34)35)43(41,42)28-16-14-24(4)15-17-28/h6-17,20,23,29H,5,18-19,21-22H2,1-4H3,(H,36,40)/t29-/m0/s1. The van der Waals surface area contributed by atoms with Crippen molar-refractivity contribution in [2.24, 2.45) is 5.92 Å². The lowest BCUT2D eigenvalue weighted by atomic mass is 10.1. The van der Waals surface area contributed by atoms with Gasteiger partial charge >= 0.3 is 6.18 Å². The molecule has 7 nitrogen and oxygen atoms in total. The van der Waals surface area contributed by atoms with Crippen LogP contribution in [0.5, 0.6) is 0 Å². The lowest BCUT2D eigenvalue weighted by molar-refractivity contribution is -0.139. The van der Waals surface area contributed by atoms with Gasteiger partial charge in [0.2, 0.25) is 11.8 Å². The molecule has 0 radical (unpaired) electrons. The number of anilines is 1. The quantitative estimate of drug-likeness (QED) is 0.262. The first-order valence-corrected chi connectivity index (χ1v) is 15.6. The second-order valence-electron chi connectivity index (χ2n) is 10.8. The topological polar surface area (TPSA) is 86.8 Å². The Kier molecular flexibility index (Phi) is 11.4. The Morgan fingerprint density at radius 2 is 1.58 bits per heavy atom. The molecule has 0 aliphatic heterocycles. The SMILES string of the molecule is CC[C@@H](C(=O)NCC(C)C)N(CCc1ccccc1)C(=O)CN(c1cccc(C(F)(F)F)c1)S(=O)(=O)c1ccc(C)cc1. The molecule has 0 bridgehead atoms. The van der Waals surface area contributed by atoms with Crippen LogP contribution >= 0.6 is 0 Å². The number of hydrogen-bond acceptors (Lipinski definition) is 4. The van der Waals surface area contributed by atoms with Gasteiger partial charge in [-0.1, -0.05) is 74.9 Å². The average molecular weight is 618 g/mol. The van der Waals surface area contributed by atoms with Gasteiger partial charge in [0.25, 0.3) is 10.0 Å². The average Bonchev–Trinajstić information content (AvgIpc) is 2.97. The number of sulfonamides is 1. The Morgan fingerprint density at radius 3 is 2.16 bits per heavy atom. The van der Waals surface area contributed by atoms with E-state index in [-0.39, 0.29) is 35.4 Å². The van der Waals surface area contributed by atoms with E-state index in [2.05, 4.69) is 5.32 Å². The highest BCUT2D eigenvalue weighted by Crippen LogP contribution is 2.33. The molecule has 0 spiro atoms. The van der Waals surface area contributed by atoms with Gasteiger partial charge in [0, 0.05) is 13.1 Å². The molecule has 0 aromatic heterocycles. The number of alkyl halides is 3. The number of carbonyl (C=O) groups is 2. The van der Waals surface area contributed by atoms with Crippen LogP contribution in [0.2, 0.25) is 0 Å². The van der Waals surface area contributed by atoms with Crippen molar-refractivity contribution in [2.45, 2.75) is 57.7 Å². The molecular formula is C32H38F3N3O4S. The number of amides is 2. The molecule has 0 heterocycles. The normalized spacial score (nSPS) is 12.6. The largest absolute Gasteiger partial charge is 0.416 e. The Hall–Kier alpha value is -3.86. The molecule has 2 amide bonds. The zero-order chi connectivity index (χ0) is 31.8. The van der Waals surface area contributed by atoms with Crippen LogP contribution in [0, 0.1) is 12.8 Å².